The second-order valence-electron chi connectivity index (χ2n) is 12.1. The van der Waals surface area contributed by atoms with Crippen LogP contribution in [0, 0.1) is 0 Å². The second kappa shape index (κ2) is 18.3. The number of aliphatic hydroxyl groups excluding tert-OH is 1. The highest BCUT2D eigenvalue weighted by molar-refractivity contribution is 5.91. The third-order valence-corrected chi connectivity index (χ3v) is 8.12. The number of hydrogen-bond acceptors (Lipinski definition) is 15. The molecule has 0 aliphatic carbocycles. The van der Waals surface area contributed by atoms with E-state index >= 15 is 0 Å². The van der Waals surface area contributed by atoms with Crippen LogP contribution in [0.5, 0.6) is 0 Å². The number of Topliss-reactive ketones (excluding diaryl/α,β-unsaturated/α-hetero) is 1. The number of rotatable bonds is 13. The smallest absolute Gasteiger partial charge is 0.338 e. The van der Waals surface area contributed by atoms with Crippen molar-refractivity contribution >= 4 is 35.6 Å². The van der Waals surface area contributed by atoms with E-state index in [-0.39, 0.29) is 35.3 Å². The van der Waals surface area contributed by atoms with Crippen LogP contribution in [0.25, 0.3) is 0 Å². The van der Waals surface area contributed by atoms with E-state index in [2.05, 4.69) is 0 Å². The van der Waals surface area contributed by atoms with Gasteiger partial charge in [-0.2, -0.15) is 0 Å². The summed E-state index contributed by atoms with van der Waals surface area (Å²) in [6, 6.07) is 23.7. The molecule has 3 aromatic rings. The van der Waals surface area contributed by atoms with E-state index in [1.54, 1.807) is 54.6 Å². The van der Waals surface area contributed by atoms with Crippen LogP contribution in [0.3, 0.4) is 0 Å². The molecule has 15 nitrogen and oxygen atoms in total. The van der Waals surface area contributed by atoms with E-state index in [9.17, 15) is 33.9 Å². The SMILES string of the molecule is CC(=O)CCC(=O)O[C@@H]1[C@@H](O[C@@H]2OC[C@@H](OC(=O)c3ccccc3)[C@H](OC(=O)c3ccccc3)[C@H]2OC(=O)c2ccccc2)[C@@H](OC(C)=O)CO[C@@H]1O. The summed E-state index contributed by atoms with van der Waals surface area (Å²) in [5.41, 5.74) is 0.392. The maximum atomic E-state index is 13.6. The van der Waals surface area contributed by atoms with Gasteiger partial charge in [0, 0.05) is 13.3 Å². The zero-order valence-electron chi connectivity index (χ0n) is 28.8. The first-order valence-electron chi connectivity index (χ1n) is 16.7. The van der Waals surface area contributed by atoms with Crippen LogP contribution in [-0.4, -0.2) is 103 Å². The number of carbonyl (C=O) groups is 6. The first-order valence-corrected chi connectivity index (χ1v) is 16.7. The first kappa shape index (κ1) is 38.7. The summed E-state index contributed by atoms with van der Waals surface area (Å²) in [6.45, 7) is 1.51. The van der Waals surface area contributed by atoms with Gasteiger partial charge in [0.2, 0.25) is 0 Å². The Kier molecular flexibility index (Phi) is 13.4. The van der Waals surface area contributed by atoms with Crippen molar-refractivity contribution in [1.29, 1.82) is 0 Å². The summed E-state index contributed by atoms with van der Waals surface area (Å²) in [6.07, 6.45) is -13.1. The molecule has 5 rings (SSSR count). The van der Waals surface area contributed by atoms with Crippen molar-refractivity contribution in [3.05, 3.63) is 108 Å². The van der Waals surface area contributed by atoms with Crippen LogP contribution in [0.1, 0.15) is 57.8 Å². The lowest BCUT2D eigenvalue weighted by Crippen LogP contribution is -2.63. The highest BCUT2D eigenvalue weighted by Gasteiger charge is 2.53. The van der Waals surface area contributed by atoms with Gasteiger partial charge >= 0.3 is 29.8 Å². The average Bonchev–Trinajstić information content (AvgIpc) is 3.16. The van der Waals surface area contributed by atoms with Crippen LogP contribution < -0.4 is 0 Å². The van der Waals surface area contributed by atoms with Crippen molar-refractivity contribution in [3.63, 3.8) is 0 Å². The summed E-state index contributed by atoms with van der Waals surface area (Å²) >= 11 is 0. The Bertz CT molecular complexity index is 1730. The number of esters is 5. The fraction of sp³-hybridized carbons (Fsp3) is 0.368. The molecule has 2 aliphatic rings. The lowest BCUT2D eigenvalue weighted by Gasteiger charge is -2.44. The van der Waals surface area contributed by atoms with Crippen molar-refractivity contribution in [3.8, 4) is 0 Å². The Labute approximate surface area is 304 Å². The van der Waals surface area contributed by atoms with Crippen molar-refractivity contribution in [1.82, 2.24) is 0 Å². The van der Waals surface area contributed by atoms with E-state index in [1.807, 2.05) is 0 Å². The molecule has 53 heavy (non-hydrogen) atoms. The summed E-state index contributed by atoms with van der Waals surface area (Å²) in [5, 5.41) is 10.8. The van der Waals surface area contributed by atoms with Crippen molar-refractivity contribution in [2.75, 3.05) is 13.2 Å². The van der Waals surface area contributed by atoms with Crippen molar-refractivity contribution in [2.45, 2.75) is 75.9 Å². The number of carbonyl (C=O) groups excluding carboxylic acids is 6. The van der Waals surface area contributed by atoms with E-state index in [4.69, 9.17) is 37.9 Å². The van der Waals surface area contributed by atoms with E-state index < -0.39 is 92.3 Å². The normalized spacial score (nSPS) is 25.3. The van der Waals surface area contributed by atoms with Crippen LogP contribution in [0.15, 0.2) is 91.0 Å². The third-order valence-electron chi connectivity index (χ3n) is 8.12. The number of ether oxygens (including phenoxy) is 8. The molecule has 8 atom stereocenters. The molecule has 0 amide bonds. The Morgan fingerprint density at radius 1 is 0.566 bits per heavy atom. The molecule has 3 aromatic carbocycles. The standard InChI is InChI=1S/C38H38O15/c1-22(39)18-19-29(41)50-32-30(27(48-23(2)40)20-46-37(32)45)53-38-33(52-36(44)26-16-10-5-11-17-26)31(51-35(43)25-14-8-4-9-15-25)28(21-47-38)49-34(42)24-12-6-3-7-13-24/h3-17,27-28,30-33,37-38,45H,18-21H2,1-2H3/t27-,28+,30-,31-,32+,33+,37-,38-/m0/s1. The van der Waals surface area contributed by atoms with E-state index in [0.717, 1.165) is 6.92 Å². The molecule has 2 saturated heterocycles. The maximum Gasteiger partial charge on any atom is 0.338 e. The Morgan fingerprint density at radius 2 is 1.04 bits per heavy atom. The fourth-order valence-corrected chi connectivity index (χ4v) is 5.55. The monoisotopic (exact) mass is 734 g/mol. The summed E-state index contributed by atoms with van der Waals surface area (Å²) < 4.78 is 46.1. The molecular formula is C38H38O15. The summed E-state index contributed by atoms with van der Waals surface area (Å²) in [4.78, 5) is 76.8. The molecule has 0 radical (unpaired) electrons. The topological polar surface area (TPSA) is 196 Å². The van der Waals surface area contributed by atoms with Crippen LogP contribution in [0.2, 0.25) is 0 Å². The molecule has 280 valence electrons. The summed E-state index contributed by atoms with van der Waals surface area (Å²) in [7, 11) is 0. The lowest BCUT2D eigenvalue weighted by atomic mass is 10.0. The molecule has 0 aromatic heterocycles. The first-order chi connectivity index (χ1) is 25.5. The number of aliphatic hydroxyl groups is 1. The molecule has 2 fully saturated rings. The summed E-state index contributed by atoms with van der Waals surface area (Å²) in [5.74, 6) is -4.53. The van der Waals surface area contributed by atoms with E-state index in [1.165, 1.54) is 43.3 Å². The lowest BCUT2D eigenvalue weighted by molar-refractivity contribution is -0.329. The fourth-order valence-electron chi connectivity index (χ4n) is 5.55. The Hall–Kier alpha value is -5.48. The number of ketones is 1. The number of benzene rings is 3. The quantitative estimate of drug-likeness (QED) is 0.199. The van der Waals surface area contributed by atoms with Gasteiger partial charge in [0.1, 0.15) is 11.9 Å². The zero-order valence-corrected chi connectivity index (χ0v) is 28.8. The molecule has 15 heteroatoms. The second-order valence-corrected chi connectivity index (χ2v) is 12.1. The highest BCUT2D eigenvalue weighted by Crippen LogP contribution is 2.32. The van der Waals surface area contributed by atoms with Gasteiger partial charge in [0.05, 0.1) is 36.3 Å². The van der Waals surface area contributed by atoms with Crippen LogP contribution in [-0.2, 0) is 52.3 Å². The molecule has 1 N–H and O–H groups in total. The molecule has 0 saturated carbocycles. The van der Waals surface area contributed by atoms with Gasteiger partial charge in [-0.15, -0.1) is 0 Å². The highest BCUT2D eigenvalue weighted by atomic mass is 16.7. The van der Waals surface area contributed by atoms with Gasteiger partial charge in [0.25, 0.3) is 0 Å². The number of hydrogen-bond donors (Lipinski definition) is 1. The molecule has 0 bridgehead atoms. The molecule has 0 unspecified atom stereocenters. The minimum Gasteiger partial charge on any atom is -0.457 e. The van der Waals surface area contributed by atoms with E-state index in [0.29, 0.717) is 0 Å². The van der Waals surface area contributed by atoms with Gasteiger partial charge < -0.3 is 47.8 Å². The minimum absolute atomic E-state index is 0.0966. The third kappa shape index (κ3) is 10.5. The average molecular weight is 735 g/mol. The molecule has 2 aliphatic heterocycles. The van der Waals surface area contributed by atoms with Gasteiger partial charge in [-0.25, -0.2) is 14.4 Å². The predicted octanol–water partition coefficient (Wildman–Crippen LogP) is 2.97. The molecule has 2 heterocycles. The molecular weight excluding hydrogens is 696 g/mol. The van der Waals surface area contributed by atoms with Crippen molar-refractivity contribution in [2.24, 2.45) is 0 Å². The van der Waals surface area contributed by atoms with Crippen LogP contribution >= 0.6 is 0 Å². The Balaban J connectivity index is 1.52. The largest absolute Gasteiger partial charge is 0.457 e. The Morgan fingerprint density at radius 3 is 1.55 bits per heavy atom. The van der Waals surface area contributed by atoms with Gasteiger partial charge in [-0.1, -0.05) is 54.6 Å². The maximum absolute atomic E-state index is 13.6. The van der Waals surface area contributed by atoms with Crippen molar-refractivity contribution < 1.29 is 71.8 Å². The van der Waals surface area contributed by atoms with Gasteiger partial charge in [-0.3, -0.25) is 9.59 Å². The van der Waals surface area contributed by atoms with Gasteiger partial charge in [-0.05, 0) is 43.3 Å². The molecule has 0 spiro atoms. The predicted molar refractivity (Wildman–Crippen MR) is 179 cm³/mol. The van der Waals surface area contributed by atoms with Crippen LogP contribution in [0.4, 0.5) is 0 Å². The zero-order chi connectivity index (χ0) is 37.9. The van der Waals surface area contributed by atoms with Gasteiger partial charge in [0.15, 0.2) is 43.1 Å². The minimum atomic E-state index is -1.80.